The zero-order valence-corrected chi connectivity index (χ0v) is 9.32. The Hall–Kier alpha value is -1.13. The minimum atomic E-state index is -4.30. The lowest BCUT2D eigenvalue weighted by Crippen LogP contribution is -2.17. The monoisotopic (exact) mass is 235 g/mol. The molecule has 1 heterocycles. The zero-order chi connectivity index (χ0) is 12.6. The molecule has 0 aliphatic carbocycles. The Bertz CT molecular complexity index is 377. The summed E-state index contributed by atoms with van der Waals surface area (Å²) in [5, 5.41) is 0. The van der Waals surface area contributed by atoms with Crippen molar-refractivity contribution in [3.05, 3.63) is 29.3 Å². The van der Waals surface area contributed by atoms with Crippen LogP contribution in [-0.2, 0) is 11.8 Å². The van der Waals surface area contributed by atoms with Crippen LogP contribution in [0.4, 0.5) is 17.6 Å². The Kier molecular flexibility index (Phi) is 3.26. The van der Waals surface area contributed by atoms with E-state index in [1.54, 1.807) is 20.8 Å². The van der Waals surface area contributed by atoms with Crippen LogP contribution in [0.5, 0.6) is 0 Å². The maximum atomic E-state index is 13.3. The summed E-state index contributed by atoms with van der Waals surface area (Å²) in [5.41, 5.74) is -0.369. The second kappa shape index (κ2) is 4.03. The number of halogens is 4. The summed E-state index contributed by atoms with van der Waals surface area (Å²) in [4.78, 5) is 3.36. The van der Waals surface area contributed by atoms with Crippen molar-refractivity contribution in [2.24, 2.45) is 0 Å². The van der Waals surface area contributed by atoms with Crippen LogP contribution in [0.1, 0.15) is 31.9 Å². The molecule has 1 aromatic rings. The van der Waals surface area contributed by atoms with E-state index < -0.39 is 24.0 Å². The van der Waals surface area contributed by atoms with Gasteiger partial charge in [-0.25, -0.2) is 4.98 Å². The Morgan fingerprint density at radius 1 is 1.19 bits per heavy atom. The number of pyridine rings is 1. The van der Waals surface area contributed by atoms with Gasteiger partial charge in [-0.2, -0.15) is 17.6 Å². The van der Waals surface area contributed by atoms with E-state index in [9.17, 15) is 17.6 Å². The number of hydrogen-bond donors (Lipinski definition) is 0. The van der Waals surface area contributed by atoms with Crippen LogP contribution in [0, 0.1) is 5.95 Å². The zero-order valence-electron chi connectivity index (χ0n) is 9.32. The minimum absolute atomic E-state index is 0.0150. The molecule has 0 saturated carbocycles. The van der Waals surface area contributed by atoms with Crippen molar-refractivity contribution < 1.29 is 17.6 Å². The smallest absolute Gasteiger partial charge is 0.228 e. The van der Waals surface area contributed by atoms with Crippen LogP contribution in [-0.4, -0.2) is 11.2 Å². The van der Waals surface area contributed by atoms with Crippen molar-refractivity contribution in [2.45, 2.75) is 38.8 Å². The van der Waals surface area contributed by atoms with E-state index in [2.05, 4.69) is 4.98 Å². The third-order valence-corrected chi connectivity index (χ3v) is 2.11. The molecule has 90 valence electrons. The van der Waals surface area contributed by atoms with E-state index >= 15 is 0 Å². The number of nitrogens with zero attached hydrogens (tertiary/aromatic N) is 1. The molecule has 0 unspecified atom stereocenters. The van der Waals surface area contributed by atoms with Crippen molar-refractivity contribution in [1.29, 1.82) is 0 Å². The molecule has 0 aliphatic heterocycles. The van der Waals surface area contributed by atoms with Gasteiger partial charge in [-0.15, -0.1) is 0 Å². The molecule has 0 aromatic carbocycles. The molecule has 0 aliphatic rings. The first-order valence-electron chi connectivity index (χ1n) is 4.81. The Labute approximate surface area is 91.5 Å². The average Bonchev–Trinajstić information content (AvgIpc) is 2.04. The van der Waals surface area contributed by atoms with E-state index in [4.69, 9.17) is 0 Å². The maximum Gasteiger partial charge on any atom is 0.393 e. The van der Waals surface area contributed by atoms with E-state index in [1.165, 1.54) is 6.07 Å². The van der Waals surface area contributed by atoms with E-state index in [1.807, 2.05) is 0 Å². The molecule has 1 rings (SSSR count). The molecule has 0 atom stereocenters. The molecule has 0 spiro atoms. The lowest BCUT2D eigenvalue weighted by atomic mass is 9.87. The highest BCUT2D eigenvalue weighted by Gasteiger charge is 2.29. The molecule has 5 heteroatoms. The van der Waals surface area contributed by atoms with Crippen LogP contribution in [0.3, 0.4) is 0 Å². The van der Waals surface area contributed by atoms with E-state index in [0.717, 1.165) is 6.20 Å². The van der Waals surface area contributed by atoms with Crippen molar-refractivity contribution in [1.82, 2.24) is 4.98 Å². The van der Waals surface area contributed by atoms with Crippen molar-refractivity contribution in [2.75, 3.05) is 0 Å². The van der Waals surface area contributed by atoms with Gasteiger partial charge in [0.2, 0.25) is 5.95 Å². The topological polar surface area (TPSA) is 12.9 Å². The van der Waals surface area contributed by atoms with Gasteiger partial charge in [-0.1, -0.05) is 20.8 Å². The fourth-order valence-corrected chi connectivity index (χ4v) is 1.35. The van der Waals surface area contributed by atoms with Crippen molar-refractivity contribution in [3.8, 4) is 0 Å². The molecular formula is C11H13F4N. The first-order valence-corrected chi connectivity index (χ1v) is 4.81. The van der Waals surface area contributed by atoms with Gasteiger partial charge in [-0.3, -0.25) is 0 Å². The van der Waals surface area contributed by atoms with Crippen LogP contribution in [0.2, 0.25) is 0 Å². The molecule has 1 aromatic heterocycles. The van der Waals surface area contributed by atoms with E-state index in [-0.39, 0.29) is 11.1 Å². The molecule has 0 radical (unpaired) electrons. The van der Waals surface area contributed by atoms with E-state index in [0.29, 0.717) is 0 Å². The van der Waals surface area contributed by atoms with Gasteiger partial charge in [0.05, 0.1) is 6.42 Å². The van der Waals surface area contributed by atoms with Crippen LogP contribution in [0.15, 0.2) is 12.3 Å². The van der Waals surface area contributed by atoms with Gasteiger partial charge in [-0.05, 0) is 17.0 Å². The molecule has 0 bridgehead atoms. The second-order valence-corrected chi connectivity index (χ2v) is 4.72. The molecule has 0 N–H and O–H groups in total. The first-order chi connectivity index (χ1) is 7.09. The van der Waals surface area contributed by atoms with Gasteiger partial charge in [0.15, 0.2) is 0 Å². The SMILES string of the molecule is CC(C)(C)c1cc(CC(F)(F)F)cnc1F. The van der Waals surface area contributed by atoms with Crippen LogP contribution < -0.4 is 0 Å². The van der Waals surface area contributed by atoms with Crippen LogP contribution in [0.25, 0.3) is 0 Å². The van der Waals surface area contributed by atoms with Gasteiger partial charge in [0, 0.05) is 11.8 Å². The van der Waals surface area contributed by atoms with Gasteiger partial charge in [0.25, 0.3) is 0 Å². The predicted octanol–water partition coefficient (Wildman–Crippen LogP) is 3.62. The lowest BCUT2D eigenvalue weighted by Gasteiger charge is -2.20. The molecule has 16 heavy (non-hydrogen) atoms. The highest BCUT2D eigenvalue weighted by atomic mass is 19.4. The number of rotatable bonds is 1. The largest absolute Gasteiger partial charge is 0.393 e. The normalized spacial score (nSPS) is 12.9. The summed E-state index contributed by atoms with van der Waals surface area (Å²) >= 11 is 0. The Morgan fingerprint density at radius 3 is 2.19 bits per heavy atom. The van der Waals surface area contributed by atoms with Crippen molar-refractivity contribution >= 4 is 0 Å². The minimum Gasteiger partial charge on any atom is -0.228 e. The molecule has 0 saturated heterocycles. The fraction of sp³-hybridized carbons (Fsp3) is 0.545. The Morgan fingerprint density at radius 2 is 1.75 bits per heavy atom. The molecule has 0 amide bonds. The predicted molar refractivity (Wildman–Crippen MR) is 52.7 cm³/mol. The summed E-state index contributed by atoms with van der Waals surface area (Å²) in [6.45, 7) is 5.18. The standard InChI is InChI=1S/C11H13F4N/c1-10(2,3)8-4-7(5-11(13,14)15)6-16-9(8)12/h4,6H,5H2,1-3H3. The van der Waals surface area contributed by atoms with Gasteiger partial charge < -0.3 is 0 Å². The highest BCUT2D eigenvalue weighted by Crippen LogP contribution is 2.27. The fourth-order valence-electron chi connectivity index (χ4n) is 1.35. The summed E-state index contributed by atoms with van der Waals surface area (Å²) < 4.78 is 49.8. The lowest BCUT2D eigenvalue weighted by molar-refractivity contribution is -0.127. The first kappa shape index (κ1) is 12.9. The average molecular weight is 235 g/mol. The highest BCUT2D eigenvalue weighted by molar-refractivity contribution is 5.26. The van der Waals surface area contributed by atoms with Gasteiger partial charge >= 0.3 is 6.18 Å². The molecule has 0 fully saturated rings. The maximum absolute atomic E-state index is 13.3. The summed E-state index contributed by atoms with van der Waals surface area (Å²) in [6.07, 6.45) is -4.45. The van der Waals surface area contributed by atoms with Crippen LogP contribution >= 0.6 is 0 Å². The van der Waals surface area contributed by atoms with Gasteiger partial charge in [0.1, 0.15) is 0 Å². The Balaban J connectivity index is 3.09. The van der Waals surface area contributed by atoms with Crippen molar-refractivity contribution in [3.63, 3.8) is 0 Å². The third-order valence-electron chi connectivity index (χ3n) is 2.11. The number of aromatic nitrogens is 1. The molecule has 1 nitrogen and oxygen atoms in total. The summed E-state index contributed by atoms with van der Waals surface area (Å²) in [6, 6.07) is 1.23. The number of hydrogen-bond acceptors (Lipinski definition) is 1. The second-order valence-electron chi connectivity index (χ2n) is 4.72. The molecular weight excluding hydrogens is 222 g/mol. The number of alkyl halides is 3. The third kappa shape index (κ3) is 3.47. The quantitative estimate of drug-likeness (QED) is 0.535. The summed E-state index contributed by atoms with van der Waals surface area (Å²) in [5.74, 6) is -0.710. The summed E-state index contributed by atoms with van der Waals surface area (Å²) in [7, 11) is 0.